The number of aromatic nitrogens is 3. The highest BCUT2D eigenvalue weighted by Crippen LogP contribution is 1.96. The summed E-state index contributed by atoms with van der Waals surface area (Å²) in [6.45, 7) is 1.86. The van der Waals surface area contributed by atoms with Gasteiger partial charge in [0.05, 0.1) is 19.7 Å². The molecule has 0 radical (unpaired) electrons. The summed E-state index contributed by atoms with van der Waals surface area (Å²) in [6, 6.07) is 5.04. The number of carbonyl (C=O) groups is 2. The number of hydrogen-bond donors (Lipinski definition) is 0. The lowest BCUT2D eigenvalue weighted by molar-refractivity contribution is -0.143. The molecule has 0 aliphatic rings. The number of hydrogen-bond acceptors (Lipinski definition) is 6. The van der Waals surface area contributed by atoms with Crippen LogP contribution in [0.5, 0.6) is 0 Å². The lowest BCUT2D eigenvalue weighted by Crippen LogP contribution is -2.38. The van der Waals surface area contributed by atoms with E-state index >= 15 is 0 Å². The van der Waals surface area contributed by atoms with E-state index in [0.29, 0.717) is 5.65 Å². The Morgan fingerprint density at radius 3 is 2.76 bits per heavy atom. The Morgan fingerprint density at radius 2 is 2.10 bits per heavy atom. The van der Waals surface area contributed by atoms with Gasteiger partial charge in [0.15, 0.2) is 5.65 Å². The van der Waals surface area contributed by atoms with Gasteiger partial charge in [-0.1, -0.05) is 6.07 Å². The molecule has 0 bridgehead atoms. The van der Waals surface area contributed by atoms with Gasteiger partial charge in [-0.05, 0) is 26.1 Å². The molecule has 2 heterocycles. The van der Waals surface area contributed by atoms with Gasteiger partial charge < -0.3 is 4.74 Å². The van der Waals surface area contributed by atoms with E-state index in [1.54, 1.807) is 32.2 Å². The Balaban J connectivity index is 2.10. The lowest BCUT2D eigenvalue weighted by Gasteiger charge is -2.13. The Bertz CT molecular complexity index is 718. The maximum absolute atomic E-state index is 12.1. The molecule has 2 aromatic rings. The van der Waals surface area contributed by atoms with Crippen LogP contribution in [0, 0.1) is 0 Å². The molecule has 0 saturated carbocycles. The van der Waals surface area contributed by atoms with Crippen molar-refractivity contribution in [2.24, 2.45) is 0 Å². The third kappa shape index (κ3) is 3.34. The zero-order chi connectivity index (χ0) is 15.4. The molecule has 21 heavy (non-hydrogen) atoms. The van der Waals surface area contributed by atoms with Crippen molar-refractivity contribution >= 4 is 17.5 Å². The van der Waals surface area contributed by atoms with Gasteiger partial charge in [-0.3, -0.25) is 14.5 Å². The van der Waals surface area contributed by atoms with E-state index in [-0.39, 0.29) is 19.7 Å². The van der Waals surface area contributed by atoms with Crippen LogP contribution in [0.2, 0.25) is 0 Å². The third-order valence-electron chi connectivity index (χ3n) is 2.77. The van der Waals surface area contributed by atoms with Crippen LogP contribution in [0.25, 0.3) is 5.65 Å². The maximum Gasteiger partial charge on any atom is 0.357 e. The molecule has 0 atom stereocenters. The van der Waals surface area contributed by atoms with Gasteiger partial charge in [-0.2, -0.15) is 0 Å². The predicted molar refractivity (Wildman–Crippen MR) is 74.2 cm³/mol. The first kappa shape index (κ1) is 14.9. The van der Waals surface area contributed by atoms with Crippen LogP contribution in [0.15, 0.2) is 29.2 Å². The first-order valence-electron chi connectivity index (χ1n) is 6.46. The number of ether oxygens (including phenoxy) is 1. The highest BCUT2D eigenvalue weighted by atomic mass is 16.5. The van der Waals surface area contributed by atoms with E-state index in [4.69, 9.17) is 4.74 Å². The van der Waals surface area contributed by atoms with Crippen molar-refractivity contribution < 1.29 is 14.3 Å². The average molecular weight is 292 g/mol. The van der Waals surface area contributed by atoms with Crippen LogP contribution < -0.4 is 5.69 Å². The third-order valence-corrected chi connectivity index (χ3v) is 2.77. The minimum absolute atomic E-state index is 0.0261. The lowest BCUT2D eigenvalue weighted by atomic mass is 10.5. The summed E-state index contributed by atoms with van der Waals surface area (Å²) in [5.74, 6) is -0.925. The Kier molecular flexibility index (Phi) is 4.49. The van der Waals surface area contributed by atoms with Crippen LogP contribution in [-0.4, -0.2) is 57.7 Å². The van der Waals surface area contributed by atoms with Crippen molar-refractivity contribution in [2.45, 2.75) is 6.92 Å². The minimum atomic E-state index is -0.528. The molecule has 8 heteroatoms. The zero-order valence-electron chi connectivity index (χ0n) is 11.9. The molecule has 0 aliphatic heterocycles. The molecular formula is C13H16N4O4. The highest BCUT2D eigenvalue weighted by molar-refractivity contribution is 5.81. The van der Waals surface area contributed by atoms with Crippen LogP contribution in [0.4, 0.5) is 0 Å². The summed E-state index contributed by atoms with van der Waals surface area (Å²) in [4.78, 5) is 36.9. The van der Waals surface area contributed by atoms with Gasteiger partial charge >= 0.3 is 11.7 Å². The molecule has 0 amide bonds. The zero-order valence-corrected chi connectivity index (χ0v) is 11.9. The fourth-order valence-corrected chi connectivity index (χ4v) is 1.87. The normalized spacial score (nSPS) is 11.0. The summed E-state index contributed by atoms with van der Waals surface area (Å²) in [6.07, 6.45) is 1.54. The molecule has 0 aromatic carbocycles. The van der Waals surface area contributed by atoms with Crippen LogP contribution >= 0.6 is 0 Å². The second-order valence-corrected chi connectivity index (χ2v) is 4.49. The van der Waals surface area contributed by atoms with Crippen molar-refractivity contribution in [3.05, 3.63) is 34.9 Å². The summed E-state index contributed by atoms with van der Waals surface area (Å²) < 4.78 is 6.87. The van der Waals surface area contributed by atoms with Gasteiger partial charge in [0.25, 0.3) is 5.91 Å². The largest absolute Gasteiger partial charge is 0.465 e. The molecule has 0 fully saturated rings. The maximum atomic E-state index is 12.1. The molecule has 0 spiro atoms. The van der Waals surface area contributed by atoms with Gasteiger partial charge in [-0.15, -0.1) is 9.78 Å². The van der Waals surface area contributed by atoms with E-state index < -0.39 is 17.6 Å². The molecule has 2 rings (SSSR count). The van der Waals surface area contributed by atoms with E-state index in [1.807, 2.05) is 0 Å². The van der Waals surface area contributed by atoms with E-state index in [1.165, 1.54) is 15.5 Å². The molecule has 112 valence electrons. The first-order valence-corrected chi connectivity index (χ1v) is 6.46. The van der Waals surface area contributed by atoms with Crippen LogP contribution in [0.3, 0.4) is 0 Å². The number of likely N-dealkylation sites (N-methyl/N-ethyl adjacent to an activating group) is 1. The fraction of sp³-hybridized carbons (Fsp3) is 0.385. The second-order valence-electron chi connectivity index (χ2n) is 4.49. The molecule has 0 aliphatic carbocycles. The number of nitrogens with zero attached hydrogens (tertiary/aromatic N) is 4. The quantitative estimate of drug-likeness (QED) is 0.699. The van der Waals surface area contributed by atoms with E-state index in [9.17, 15) is 14.4 Å². The second kappa shape index (κ2) is 6.31. The highest BCUT2D eigenvalue weighted by Gasteiger charge is 2.17. The number of esters is 1. The van der Waals surface area contributed by atoms with Crippen LogP contribution in [0.1, 0.15) is 11.7 Å². The summed E-state index contributed by atoms with van der Waals surface area (Å²) in [5.41, 5.74) is -0.135. The van der Waals surface area contributed by atoms with E-state index in [0.717, 1.165) is 4.68 Å². The molecule has 0 saturated heterocycles. The molecule has 0 N–H and O–H groups in total. The van der Waals surface area contributed by atoms with E-state index in [2.05, 4.69) is 5.10 Å². The van der Waals surface area contributed by atoms with Gasteiger partial charge in [0.2, 0.25) is 0 Å². The van der Waals surface area contributed by atoms with Crippen molar-refractivity contribution in [3.63, 3.8) is 0 Å². The smallest absolute Gasteiger partial charge is 0.357 e. The summed E-state index contributed by atoms with van der Waals surface area (Å²) in [7, 11) is 1.59. The summed E-state index contributed by atoms with van der Waals surface area (Å²) in [5, 5.41) is 3.96. The van der Waals surface area contributed by atoms with Gasteiger partial charge in [0, 0.05) is 6.20 Å². The molecule has 2 aromatic heterocycles. The average Bonchev–Trinajstić information content (AvgIpc) is 2.77. The SMILES string of the molecule is CCOC(=O)CN(C)CC(=O)n1nc2ccccn2c1=O. The number of rotatable bonds is 5. The fourth-order valence-electron chi connectivity index (χ4n) is 1.87. The van der Waals surface area contributed by atoms with Crippen LogP contribution in [-0.2, 0) is 9.53 Å². The van der Waals surface area contributed by atoms with Gasteiger partial charge in [-0.25, -0.2) is 9.20 Å². The molecule has 0 unspecified atom stereocenters. The first-order chi connectivity index (χ1) is 10.0. The predicted octanol–water partition coefficient (Wildman–Crippen LogP) is -0.369. The van der Waals surface area contributed by atoms with Crippen molar-refractivity contribution in [3.8, 4) is 0 Å². The van der Waals surface area contributed by atoms with Crippen molar-refractivity contribution in [1.29, 1.82) is 0 Å². The topological polar surface area (TPSA) is 85.9 Å². The Labute approximate surface area is 120 Å². The minimum Gasteiger partial charge on any atom is -0.465 e. The Morgan fingerprint density at radius 1 is 1.33 bits per heavy atom. The monoisotopic (exact) mass is 292 g/mol. The Hall–Kier alpha value is -2.48. The van der Waals surface area contributed by atoms with Gasteiger partial charge in [0.1, 0.15) is 0 Å². The summed E-state index contributed by atoms with van der Waals surface area (Å²) >= 11 is 0. The van der Waals surface area contributed by atoms with Crippen molar-refractivity contribution in [1.82, 2.24) is 19.1 Å². The number of fused-ring (bicyclic) bond motifs is 1. The molecular weight excluding hydrogens is 276 g/mol. The molecule has 8 nitrogen and oxygen atoms in total. The number of pyridine rings is 1. The number of carbonyl (C=O) groups excluding carboxylic acids is 2. The van der Waals surface area contributed by atoms with Crippen molar-refractivity contribution in [2.75, 3.05) is 26.7 Å². The standard InChI is InChI=1S/C13H16N4O4/c1-3-21-12(19)9-15(2)8-11(18)17-13(20)16-7-5-4-6-10(16)14-17/h4-7H,3,8-9H2,1-2H3.